The van der Waals surface area contributed by atoms with Gasteiger partial charge in [-0.1, -0.05) is 48.0 Å². The van der Waals surface area contributed by atoms with Crippen LogP contribution in [0.1, 0.15) is 37.5 Å². The van der Waals surface area contributed by atoms with Crippen LogP contribution in [0.25, 0.3) is 0 Å². The molecular formula is C23H23F3N2O5. The van der Waals surface area contributed by atoms with E-state index in [0.29, 0.717) is 10.5 Å². The topological polar surface area (TPSA) is 89.8 Å². The Morgan fingerprint density at radius 3 is 2.33 bits per heavy atom. The molecule has 0 aliphatic carbocycles. The summed E-state index contributed by atoms with van der Waals surface area (Å²) in [6.45, 7) is 4.73. The zero-order chi connectivity index (χ0) is 24.8. The van der Waals surface area contributed by atoms with Gasteiger partial charge in [0.15, 0.2) is 0 Å². The minimum absolute atomic E-state index is 0.0878. The molecule has 0 bridgehead atoms. The van der Waals surface area contributed by atoms with Crippen LogP contribution in [-0.4, -0.2) is 35.2 Å². The number of amides is 2. The molecule has 0 N–H and O–H groups in total. The maximum absolute atomic E-state index is 14.4. The van der Waals surface area contributed by atoms with Crippen molar-refractivity contribution in [2.75, 3.05) is 11.4 Å². The summed E-state index contributed by atoms with van der Waals surface area (Å²) in [6.07, 6.45) is -6.29. The van der Waals surface area contributed by atoms with E-state index in [1.807, 2.05) is 0 Å². The SMILES string of the molecule is Cc1cccc([C@@]2([C@H](C[N+](=O)[O-])C(F)(F)F)C(=O)N(C(=O)OC(C)(C)C)c3ccccc32)c1. The fourth-order valence-corrected chi connectivity index (χ4v) is 4.23. The maximum atomic E-state index is 14.4. The molecule has 1 aliphatic rings. The number of nitro groups is 1. The molecule has 33 heavy (non-hydrogen) atoms. The summed E-state index contributed by atoms with van der Waals surface area (Å²) < 4.78 is 48.6. The number of anilines is 1. The van der Waals surface area contributed by atoms with Crippen LogP contribution >= 0.6 is 0 Å². The number of aryl methyl sites for hydroxylation is 1. The minimum atomic E-state index is -5.14. The standard InChI is InChI=1S/C23H23F3N2O5/c1-14-8-7-9-15(12-14)22(18(13-27(31)32)23(24,25)26)16-10-5-6-11-17(16)28(19(22)29)20(30)33-21(2,3)4/h5-12,18H,13H2,1-4H3/t18-,22+/m0/s1. The molecule has 0 unspecified atom stereocenters. The van der Waals surface area contributed by atoms with E-state index >= 15 is 0 Å². The monoisotopic (exact) mass is 464 g/mol. The zero-order valence-corrected chi connectivity index (χ0v) is 18.5. The van der Waals surface area contributed by atoms with Gasteiger partial charge in [-0.15, -0.1) is 0 Å². The number of carbonyl (C=O) groups is 2. The molecule has 0 saturated heterocycles. The van der Waals surface area contributed by atoms with Crippen molar-refractivity contribution in [3.8, 4) is 0 Å². The number of hydrogen-bond donors (Lipinski definition) is 0. The van der Waals surface area contributed by atoms with Crippen LogP contribution in [0.5, 0.6) is 0 Å². The molecule has 176 valence electrons. The molecular weight excluding hydrogens is 441 g/mol. The van der Waals surface area contributed by atoms with E-state index in [1.165, 1.54) is 42.5 Å². The van der Waals surface area contributed by atoms with Crippen LogP contribution in [0.15, 0.2) is 48.5 Å². The van der Waals surface area contributed by atoms with Gasteiger partial charge in [-0.05, 0) is 44.9 Å². The largest absolute Gasteiger partial charge is 0.443 e. The van der Waals surface area contributed by atoms with Crippen molar-refractivity contribution in [3.05, 3.63) is 75.3 Å². The third-order valence-corrected chi connectivity index (χ3v) is 5.41. The van der Waals surface area contributed by atoms with Gasteiger partial charge in [0.05, 0.1) is 5.69 Å². The highest BCUT2D eigenvalue weighted by atomic mass is 19.4. The van der Waals surface area contributed by atoms with Crippen LogP contribution in [-0.2, 0) is 14.9 Å². The Kier molecular flexibility index (Phi) is 5.99. The average molecular weight is 464 g/mol. The van der Waals surface area contributed by atoms with Crippen LogP contribution in [0, 0.1) is 23.0 Å². The molecule has 10 heteroatoms. The van der Waals surface area contributed by atoms with Gasteiger partial charge in [-0.3, -0.25) is 14.9 Å². The van der Waals surface area contributed by atoms with E-state index in [2.05, 4.69) is 0 Å². The van der Waals surface area contributed by atoms with E-state index in [4.69, 9.17) is 4.74 Å². The van der Waals surface area contributed by atoms with Crippen molar-refractivity contribution < 1.29 is 32.4 Å². The molecule has 0 spiro atoms. The maximum Gasteiger partial charge on any atom is 0.421 e. The van der Waals surface area contributed by atoms with Gasteiger partial charge < -0.3 is 4.74 Å². The lowest BCUT2D eigenvalue weighted by atomic mass is 9.65. The number of nitrogens with zero attached hydrogens (tertiary/aromatic N) is 2. The minimum Gasteiger partial charge on any atom is -0.443 e. The first-order chi connectivity index (χ1) is 15.2. The summed E-state index contributed by atoms with van der Waals surface area (Å²) in [5.41, 5.74) is -3.37. The van der Waals surface area contributed by atoms with Crippen LogP contribution in [0.2, 0.25) is 0 Å². The fourth-order valence-electron chi connectivity index (χ4n) is 4.23. The van der Waals surface area contributed by atoms with E-state index in [9.17, 15) is 32.9 Å². The summed E-state index contributed by atoms with van der Waals surface area (Å²) in [5.74, 6) is -3.98. The Balaban J connectivity index is 2.39. The number of rotatable bonds is 4. The number of ether oxygens (including phenoxy) is 1. The van der Waals surface area contributed by atoms with E-state index < -0.39 is 46.6 Å². The molecule has 0 fully saturated rings. The number of hydrogen-bond acceptors (Lipinski definition) is 5. The number of halogens is 3. The molecule has 2 atom stereocenters. The Hall–Kier alpha value is -3.43. The third-order valence-electron chi connectivity index (χ3n) is 5.41. The van der Waals surface area contributed by atoms with Crippen molar-refractivity contribution in [1.82, 2.24) is 0 Å². The van der Waals surface area contributed by atoms with Crippen LogP contribution < -0.4 is 4.90 Å². The van der Waals surface area contributed by atoms with Gasteiger partial charge in [0, 0.05) is 4.92 Å². The van der Waals surface area contributed by atoms with Crippen LogP contribution in [0.3, 0.4) is 0 Å². The van der Waals surface area contributed by atoms with Gasteiger partial charge in [0.1, 0.15) is 16.9 Å². The molecule has 0 saturated carbocycles. The quantitative estimate of drug-likeness (QED) is 0.468. The molecule has 1 heterocycles. The lowest BCUT2D eigenvalue weighted by Crippen LogP contribution is -2.55. The van der Waals surface area contributed by atoms with Crippen molar-refractivity contribution in [2.24, 2.45) is 5.92 Å². The smallest absolute Gasteiger partial charge is 0.421 e. The molecule has 0 aromatic heterocycles. The Bertz CT molecular complexity index is 1110. The molecule has 1 aliphatic heterocycles. The van der Waals surface area contributed by atoms with E-state index in [-0.39, 0.29) is 16.8 Å². The lowest BCUT2D eigenvalue weighted by molar-refractivity contribution is -0.499. The van der Waals surface area contributed by atoms with Crippen molar-refractivity contribution in [1.29, 1.82) is 0 Å². The highest BCUT2D eigenvalue weighted by Crippen LogP contribution is 2.55. The first-order valence-electron chi connectivity index (χ1n) is 10.1. The predicted molar refractivity (Wildman–Crippen MR) is 114 cm³/mol. The van der Waals surface area contributed by atoms with Crippen LogP contribution in [0.4, 0.5) is 23.7 Å². The molecule has 7 nitrogen and oxygen atoms in total. The first kappa shape index (κ1) is 24.2. The molecule has 3 rings (SSSR count). The molecule has 2 aromatic rings. The van der Waals surface area contributed by atoms with Gasteiger partial charge in [-0.25, -0.2) is 9.69 Å². The second kappa shape index (κ2) is 8.17. The normalized spacial score (nSPS) is 19.2. The van der Waals surface area contributed by atoms with Gasteiger partial charge in [-0.2, -0.15) is 13.2 Å². The van der Waals surface area contributed by atoms with Gasteiger partial charge in [0.25, 0.3) is 5.91 Å². The van der Waals surface area contributed by atoms with Crippen molar-refractivity contribution in [2.45, 2.75) is 44.9 Å². The molecule has 0 radical (unpaired) electrons. The number of para-hydroxylation sites is 1. The number of imide groups is 1. The summed E-state index contributed by atoms with van der Waals surface area (Å²) in [6, 6.07) is 11.3. The first-order valence-corrected chi connectivity index (χ1v) is 10.1. The molecule has 2 aromatic carbocycles. The number of alkyl halides is 3. The van der Waals surface area contributed by atoms with Crippen molar-refractivity contribution >= 4 is 17.7 Å². The second-order valence-corrected chi connectivity index (χ2v) is 8.93. The number of benzene rings is 2. The molecule has 2 amide bonds. The number of fused-ring (bicyclic) bond motifs is 1. The highest BCUT2D eigenvalue weighted by molar-refractivity contribution is 6.22. The lowest BCUT2D eigenvalue weighted by Gasteiger charge is -2.36. The fraction of sp³-hybridized carbons (Fsp3) is 0.391. The Morgan fingerprint density at radius 2 is 1.79 bits per heavy atom. The third kappa shape index (κ3) is 4.29. The second-order valence-electron chi connectivity index (χ2n) is 8.93. The van der Waals surface area contributed by atoms with Gasteiger partial charge in [0.2, 0.25) is 6.54 Å². The zero-order valence-electron chi connectivity index (χ0n) is 18.5. The number of carbonyl (C=O) groups excluding carboxylic acids is 2. The van der Waals surface area contributed by atoms with Crippen molar-refractivity contribution in [3.63, 3.8) is 0 Å². The Morgan fingerprint density at radius 1 is 1.15 bits per heavy atom. The summed E-state index contributed by atoms with van der Waals surface area (Å²) in [5, 5.41) is 11.4. The van der Waals surface area contributed by atoms with Gasteiger partial charge >= 0.3 is 12.3 Å². The van der Waals surface area contributed by atoms with E-state index in [1.54, 1.807) is 33.8 Å². The summed E-state index contributed by atoms with van der Waals surface area (Å²) >= 11 is 0. The predicted octanol–water partition coefficient (Wildman–Crippen LogP) is 5.02. The summed E-state index contributed by atoms with van der Waals surface area (Å²) in [4.78, 5) is 37.7. The summed E-state index contributed by atoms with van der Waals surface area (Å²) in [7, 11) is 0. The average Bonchev–Trinajstić information content (AvgIpc) is 2.93. The highest BCUT2D eigenvalue weighted by Gasteiger charge is 2.67. The Labute approximate surface area is 188 Å². The van der Waals surface area contributed by atoms with E-state index in [0.717, 1.165) is 0 Å².